The Balaban J connectivity index is 2.11. The summed E-state index contributed by atoms with van der Waals surface area (Å²) in [7, 11) is 5.36. The van der Waals surface area contributed by atoms with Crippen LogP contribution in [-0.2, 0) is 9.59 Å². The quantitative estimate of drug-likeness (QED) is 0.399. The van der Waals surface area contributed by atoms with E-state index in [0.717, 1.165) is 0 Å². The number of methoxy groups -OCH3 is 1. The first-order valence-electron chi connectivity index (χ1n) is 10.2. The highest BCUT2D eigenvalue weighted by Crippen LogP contribution is 2.40. The maximum atomic E-state index is 13.0. The molecule has 7 heteroatoms. The minimum atomic E-state index is -0.707. The number of hydrogen-bond acceptors (Lipinski definition) is 6. The van der Waals surface area contributed by atoms with Gasteiger partial charge in [-0.1, -0.05) is 12.1 Å². The van der Waals surface area contributed by atoms with E-state index in [1.54, 1.807) is 49.6 Å². The van der Waals surface area contributed by atoms with Crippen LogP contribution in [0.3, 0.4) is 0 Å². The molecule has 1 heterocycles. The molecule has 0 bridgehead atoms. The molecule has 0 aliphatic carbocycles. The minimum Gasteiger partial charge on any atom is -0.507 e. The molecule has 3 rings (SSSR count). The van der Waals surface area contributed by atoms with Gasteiger partial charge in [-0.15, -0.1) is 0 Å². The number of ketones is 1. The van der Waals surface area contributed by atoms with Crippen molar-refractivity contribution in [1.29, 1.82) is 0 Å². The third-order valence-electron chi connectivity index (χ3n) is 5.18. The summed E-state index contributed by atoms with van der Waals surface area (Å²) in [5.74, 6) is -0.256. The summed E-state index contributed by atoms with van der Waals surface area (Å²) in [5.41, 5.74) is 1.22. The normalized spacial score (nSPS) is 18.0. The van der Waals surface area contributed by atoms with Gasteiger partial charge in [0.1, 0.15) is 17.3 Å². The van der Waals surface area contributed by atoms with Gasteiger partial charge in [0.15, 0.2) is 0 Å². The molecule has 0 saturated carbocycles. The Hall–Kier alpha value is -3.32. The van der Waals surface area contributed by atoms with Gasteiger partial charge in [-0.2, -0.15) is 0 Å². The summed E-state index contributed by atoms with van der Waals surface area (Å²) < 4.78 is 10.8. The Kier molecular flexibility index (Phi) is 6.97. The smallest absolute Gasteiger partial charge is 0.295 e. The second-order valence-corrected chi connectivity index (χ2v) is 7.53. The second-order valence-electron chi connectivity index (χ2n) is 7.53. The zero-order valence-corrected chi connectivity index (χ0v) is 18.3. The van der Waals surface area contributed by atoms with E-state index in [0.29, 0.717) is 42.3 Å². The molecule has 1 atom stereocenters. The number of likely N-dealkylation sites (tertiary alicyclic amines) is 1. The lowest BCUT2D eigenvalue weighted by molar-refractivity contribution is -0.140. The maximum Gasteiger partial charge on any atom is 0.295 e. The van der Waals surface area contributed by atoms with E-state index in [-0.39, 0.29) is 11.3 Å². The number of ether oxygens (including phenoxy) is 2. The van der Waals surface area contributed by atoms with Crippen LogP contribution in [0.2, 0.25) is 0 Å². The van der Waals surface area contributed by atoms with Crippen molar-refractivity contribution in [3.63, 3.8) is 0 Å². The Labute approximate surface area is 182 Å². The number of aliphatic hydroxyl groups is 1. The minimum absolute atomic E-state index is 0.0705. The molecule has 1 amide bonds. The molecular formula is C24H28N2O5. The first-order valence-corrected chi connectivity index (χ1v) is 10.2. The van der Waals surface area contributed by atoms with Gasteiger partial charge < -0.3 is 24.4 Å². The number of likely N-dealkylation sites (N-methyl/N-ethyl adjacent to an activating group) is 1. The van der Waals surface area contributed by atoms with E-state index in [1.165, 1.54) is 4.90 Å². The van der Waals surface area contributed by atoms with Crippen molar-refractivity contribution in [1.82, 2.24) is 9.80 Å². The van der Waals surface area contributed by atoms with Crippen molar-refractivity contribution in [3.8, 4) is 11.5 Å². The third kappa shape index (κ3) is 4.72. The summed E-state index contributed by atoms with van der Waals surface area (Å²) in [6, 6.07) is 13.3. The van der Waals surface area contributed by atoms with Crippen LogP contribution in [-0.4, -0.2) is 67.5 Å². The van der Waals surface area contributed by atoms with Gasteiger partial charge in [-0.3, -0.25) is 9.59 Å². The summed E-state index contributed by atoms with van der Waals surface area (Å²) in [5, 5.41) is 11.1. The largest absolute Gasteiger partial charge is 0.507 e. The Bertz CT molecular complexity index is 982. The number of aliphatic hydroxyl groups excluding tert-OH is 1. The molecular weight excluding hydrogens is 396 g/mol. The fraction of sp³-hybridized carbons (Fsp3) is 0.333. The molecule has 31 heavy (non-hydrogen) atoms. The molecule has 1 aliphatic heterocycles. The molecule has 1 aliphatic rings. The van der Waals surface area contributed by atoms with Crippen LogP contribution < -0.4 is 9.47 Å². The summed E-state index contributed by atoms with van der Waals surface area (Å²) in [4.78, 5) is 29.4. The molecule has 1 saturated heterocycles. The number of benzene rings is 2. The van der Waals surface area contributed by atoms with E-state index >= 15 is 0 Å². The highest BCUT2D eigenvalue weighted by molar-refractivity contribution is 6.46. The molecule has 2 aromatic carbocycles. The van der Waals surface area contributed by atoms with Crippen LogP contribution in [0, 0.1) is 0 Å². The molecule has 7 nitrogen and oxygen atoms in total. The van der Waals surface area contributed by atoms with Crippen molar-refractivity contribution in [2.24, 2.45) is 0 Å². The lowest BCUT2D eigenvalue weighted by atomic mass is 9.95. The van der Waals surface area contributed by atoms with Gasteiger partial charge in [0.2, 0.25) is 0 Å². The van der Waals surface area contributed by atoms with Crippen molar-refractivity contribution in [3.05, 3.63) is 65.2 Å². The van der Waals surface area contributed by atoms with Gasteiger partial charge in [0, 0.05) is 18.7 Å². The Morgan fingerprint density at radius 3 is 2.42 bits per heavy atom. The monoisotopic (exact) mass is 424 g/mol. The van der Waals surface area contributed by atoms with Crippen molar-refractivity contribution < 1.29 is 24.2 Å². The molecule has 1 unspecified atom stereocenters. The zero-order chi connectivity index (χ0) is 22.5. The van der Waals surface area contributed by atoms with Gasteiger partial charge in [-0.05, 0) is 63.0 Å². The number of rotatable bonds is 8. The Morgan fingerprint density at radius 2 is 1.81 bits per heavy atom. The third-order valence-corrected chi connectivity index (χ3v) is 5.18. The molecule has 2 aromatic rings. The van der Waals surface area contributed by atoms with Gasteiger partial charge in [-0.25, -0.2) is 0 Å². The van der Waals surface area contributed by atoms with Crippen LogP contribution in [0.1, 0.15) is 24.1 Å². The SMILES string of the molecule is CCOc1ccc(C(O)=C2C(=O)C(=O)N(CCN(C)C)C2c2cccc(OC)c2)cc1. The molecule has 164 valence electrons. The highest BCUT2D eigenvalue weighted by atomic mass is 16.5. The second kappa shape index (κ2) is 9.66. The van der Waals surface area contributed by atoms with Crippen molar-refractivity contribution in [2.45, 2.75) is 13.0 Å². The van der Waals surface area contributed by atoms with Gasteiger partial charge in [0.05, 0.1) is 25.3 Å². The fourth-order valence-electron chi connectivity index (χ4n) is 3.61. The fourth-order valence-corrected chi connectivity index (χ4v) is 3.61. The summed E-state index contributed by atoms with van der Waals surface area (Å²) in [6.45, 7) is 3.34. The highest BCUT2D eigenvalue weighted by Gasteiger charge is 2.46. The number of Topliss-reactive ketones (excluding diaryl/α,β-unsaturated/α-hetero) is 1. The number of carbonyl (C=O) groups excluding carboxylic acids is 2. The predicted molar refractivity (Wildman–Crippen MR) is 118 cm³/mol. The average molecular weight is 424 g/mol. The van der Waals surface area contributed by atoms with E-state index in [2.05, 4.69) is 0 Å². The van der Waals surface area contributed by atoms with E-state index < -0.39 is 17.7 Å². The topological polar surface area (TPSA) is 79.3 Å². The van der Waals surface area contributed by atoms with E-state index in [9.17, 15) is 14.7 Å². The van der Waals surface area contributed by atoms with Crippen molar-refractivity contribution in [2.75, 3.05) is 40.9 Å². The first kappa shape index (κ1) is 22.4. The molecule has 1 fully saturated rings. The van der Waals surface area contributed by atoms with Crippen LogP contribution in [0.25, 0.3) is 5.76 Å². The zero-order valence-electron chi connectivity index (χ0n) is 18.3. The number of carbonyl (C=O) groups is 2. The van der Waals surface area contributed by atoms with Gasteiger partial charge >= 0.3 is 0 Å². The molecule has 1 N–H and O–H groups in total. The predicted octanol–water partition coefficient (Wildman–Crippen LogP) is 3.08. The standard InChI is InChI=1S/C24H28N2O5/c1-5-31-18-11-9-16(10-12-18)22(27)20-21(17-7-6-8-19(15-17)30-4)26(14-13-25(2)3)24(29)23(20)28/h6-12,15,21,27H,5,13-14H2,1-4H3. The lowest BCUT2D eigenvalue weighted by Gasteiger charge is -2.26. The molecule has 0 radical (unpaired) electrons. The number of amides is 1. The summed E-state index contributed by atoms with van der Waals surface area (Å²) in [6.07, 6.45) is 0. The van der Waals surface area contributed by atoms with Crippen LogP contribution in [0.5, 0.6) is 11.5 Å². The molecule has 0 aromatic heterocycles. The molecule has 0 spiro atoms. The van der Waals surface area contributed by atoms with Crippen LogP contribution >= 0.6 is 0 Å². The average Bonchev–Trinajstić information content (AvgIpc) is 3.02. The van der Waals surface area contributed by atoms with Crippen molar-refractivity contribution >= 4 is 17.4 Å². The van der Waals surface area contributed by atoms with Crippen LogP contribution in [0.15, 0.2) is 54.1 Å². The number of hydrogen-bond donors (Lipinski definition) is 1. The summed E-state index contributed by atoms with van der Waals surface area (Å²) >= 11 is 0. The Morgan fingerprint density at radius 1 is 1.10 bits per heavy atom. The van der Waals surface area contributed by atoms with E-state index in [4.69, 9.17) is 9.47 Å². The number of nitrogens with zero attached hydrogens (tertiary/aromatic N) is 2. The van der Waals surface area contributed by atoms with Gasteiger partial charge in [0.25, 0.3) is 11.7 Å². The van der Waals surface area contributed by atoms with E-state index in [1.807, 2.05) is 32.0 Å². The van der Waals surface area contributed by atoms with Crippen LogP contribution in [0.4, 0.5) is 0 Å². The lowest BCUT2D eigenvalue weighted by Crippen LogP contribution is -2.35. The maximum absolute atomic E-state index is 13.0. The first-order chi connectivity index (χ1) is 14.9.